The summed E-state index contributed by atoms with van der Waals surface area (Å²) in [5, 5.41) is 0.489. The van der Waals surface area contributed by atoms with E-state index < -0.39 is 5.97 Å². The SMILES string of the molecule is Cc1nccn1CCOC(=O)c1ccc(Cl)cc1N. The number of carbonyl (C=O) groups excluding carboxylic acids is 1. The molecule has 100 valence electrons. The summed E-state index contributed by atoms with van der Waals surface area (Å²) in [6, 6.07) is 4.69. The van der Waals surface area contributed by atoms with Gasteiger partial charge in [-0.15, -0.1) is 0 Å². The highest BCUT2D eigenvalue weighted by Gasteiger charge is 2.11. The number of nitrogens with two attached hydrogens (primary N) is 1. The summed E-state index contributed by atoms with van der Waals surface area (Å²) in [4.78, 5) is 15.9. The molecule has 0 fully saturated rings. The first-order valence-corrected chi connectivity index (χ1v) is 6.15. The summed E-state index contributed by atoms with van der Waals surface area (Å²) in [5.74, 6) is 0.425. The number of benzene rings is 1. The van der Waals surface area contributed by atoms with Gasteiger partial charge in [0.1, 0.15) is 12.4 Å². The number of imidazole rings is 1. The lowest BCUT2D eigenvalue weighted by molar-refractivity contribution is 0.0492. The molecular formula is C13H14ClN3O2. The summed E-state index contributed by atoms with van der Waals surface area (Å²) < 4.78 is 7.07. The van der Waals surface area contributed by atoms with Crippen molar-refractivity contribution in [2.45, 2.75) is 13.5 Å². The van der Waals surface area contributed by atoms with Gasteiger partial charge in [0.25, 0.3) is 0 Å². The minimum Gasteiger partial charge on any atom is -0.460 e. The van der Waals surface area contributed by atoms with Crippen molar-refractivity contribution in [2.24, 2.45) is 0 Å². The molecule has 0 aliphatic heterocycles. The molecule has 2 aromatic rings. The molecule has 5 nitrogen and oxygen atoms in total. The van der Waals surface area contributed by atoms with E-state index in [1.165, 1.54) is 6.07 Å². The van der Waals surface area contributed by atoms with Gasteiger partial charge < -0.3 is 15.0 Å². The standard InChI is InChI=1S/C13H14ClN3O2/c1-9-16-4-5-17(9)6-7-19-13(18)11-3-2-10(14)8-12(11)15/h2-5,8H,6-7,15H2,1H3. The van der Waals surface area contributed by atoms with Crippen LogP contribution in [0.5, 0.6) is 0 Å². The van der Waals surface area contributed by atoms with Crippen molar-refractivity contribution >= 4 is 23.3 Å². The third-order valence-corrected chi connectivity index (χ3v) is 2.96. The van der Waals surface area contributed by atoms with Crippen LogP contribution in [0.2, 0.25) is 5.02 Å². The van der Waals surface area contributed by atoms with Gasteiger partial charge >= 0.3 is 5.97 Å². The largest absolute Gasteiger partial charge is 0.460 e. The Hall–Kier alpha value is -2.01. The molecule has 2 rings (SSSR count). The van der Waals surface area contributed by atoms with Crippen LogP contribution < -0.4 is 5.73 Å². The number of carbonyl (C=O) groups is 1. The molecule has 0 aliphatic rings. The average Bonchev–Trinajstić information content (AvgIpc) is 2.75. The lowest BCUT2D eigenvalue weighted by Crippen LogP contribution is -2.13. The molecule has 0 aliphatic carbocycles. The van der Waals surface area contributed by atoms with E-state index in [0.29, 0.717) is 22.8 Å². The highest BCUT2D eigenvalue weighted by molar-refractivity contribution is 6.31. The van der Waals surface area contributed by atoms with Gasteiger partial charge in [0, 0.05) is 23.1 Å². The molecule has 0 bridgehead atoms. The predicted octanol–water partition coefficient (Wildman–Crippen LogP) is 2.28. The number of hydrogen-bond acceptors (Lipinski definition) is 4. The Bertz CT molecular complexity index is 595. The summed E-state index contributed by atoms with van der Waals surface area (Å²) in [7, 11) is 0. The Labute approximate surface area is 116 Å². The number of esters is 1. The van der Waals surface area contributed by atoms with Gasteiger partial charge in [-0.1, -0.05) is 11.6 Å². The first kappa shape index (κ1) is 13.4. The van der Waals surface area contributed by atoms with E-state index in [9.17, 15) is 4.79 Å². The van der Waals surface area contributed by atoms with Gasteiger partial charge in [0.05, 0.1) is 12.1 Å². The van der Waals surface area contributed by atoms with E-state index in [0.717, 1.165) is 5.82 Å². The number of hydrogen-bond donors (Lipinski definition) is 1. The summed E-state index contributed by atoms with van der Waals surface area (Å²) in [6.07, 6.45) is 3.54. The zero-order valence-corrected chi connectivity index (χ0v) is 11.2. The van der Waals surface area contributed by atoms with Crippen LogP contribution in [0.1, 0.15) is 16.2 Å². The lowest BCUT2D eigenvalue weighted by atomic mass is 10.2. The van der Waals surface area contributed by atoms with Crippen molar-refractivity contribution in [1.29, 1.82) is 0 Å². The number of halogens is 1. The van der Waals surface area contributed by atoms with Crippen molar-refractivity contribution < 1.29 is 9.53 Å². The molecule has 0 unspecified atom stereocenters. The maximum atomic E-state index is 11.8. The van der Waals surface area contributed by atoms with Gasteiger partial charge in [-0.05, 0) is 25.1 Å². The Morgan fingerprint density at radius 3 is 2.95 bits per heavy atom. The van der Waals surface area contributed by atoms with Crippen LogP contribution in [-0.2, 0) is 11.3 Å². The number of anilines is 1. The first-order chi connectivity index (χ1) is 9.08. The van der Waals surface area contributed by atoms with Gasteiger partial charge in [-0.2, -0.15) is 0 Å². The Morgan fingerprint density at radius 1 is 1.53 bits per heavy atom. The van der Waals surface area contributed by atoms with E-state index >= 15 is 0 Å². The first-order valence-electron chi connectivity index (χ1n) is 5.78. The number of aromatic nitrogens is 2. The van der Waals surface area contributed by atoms with Crippen molar-refractivity contribution in [3.8, 4) is 0 Å². The van der Waals surface area contributed by atoms with E-state index in [4.69, 9.17) is 22.1 Å². The van der Waals surface area contributed by atoms with Crippen LogP contribution in [0.3, 0.4) is 0 Å². The van der Waals surface area contributed by atoms with E-state index in [-0.39, 0.29) is 6.61 Å². The fourth-order valence-corrected chi connectivity index (χ4v) is 1.85. The number of nitrogen functional groups attached to an aromatic ring is 1. The molecule has 1 aromatic carbocycles. The number of nitrogens with zero attached hydrogens (tertiary/aromatic N) is 2. The van der Waals surface area contributed by atoms with E-state index in [1.807, 2.05) is 17.7 Å². The number of rotatable bonds is 4. The fourth-order valence-electron chi connectivity index (χ4n) is 1.67. The van der Waals surface area contributed by atoms with Crippen molar-refractivity contribution in [1.82, 2.24) is 9.55 Å². The molecule has 6 heteroatoms. The normalized spacial score (nSPS) is 10.4. The van der Waals surface area contributed by atoms with Crippen molar-refractivity contribution in [3.05, 3.63) is 47.0 Å². The minimum absolute atomic E-state index is 0.262. The highest BCUT2D eigenvalue weighted by atomic mass is 35.5. The second kappa shape index (κ2) is 5.75. The molecule has 0 spiro atoms. The van der Waals surface area contributed by atoms with Crippen molar-refractivity contribution in [3.63, 3.8) is 0 Å². The second-order valence-corrected chi connectivity index (χ2v) is 4.47. The summed E-state index contributed by atoms with van der Waals surface area (Å²) in [6.45, 7) is 2.71. The molecule has 1 aromatic heterocycles. The second-order valence-electron chi connectivity index (χ2n) is 4.04. The maximum Gasteiger partial charge on any atom is 0.340 e. The molecule has 0 saturated carbocycles. The molecule has 0 saturated heterocycles. The van der Waals surface area contributed by atoms with Crippen LogP contribution in [0, 0.1) is 6.92 Å². The molecule has 2 N–H and O–H groups in total. The molecule has 19 heavy (non-hydrogen) atoms. The Kier molecular flexibility index (Phi) is 4.06. The monoisotopic (exact) mass is 279 g/mol. The van der Waals surface area contributed by atoms with Crippen LogP contribution >= 0.6 is 11.6 Å². The zero-order chi connectivity index (χ0) is 13.8. The zero-order valence-electron chi connectivity index (χ0n) is 10.5. The van der Waals surface area contributed by atoms with Crippen LogP contribution in [-0.4, -0.2) is 22.1 Å². The summed E-state index contributed by atoms with van der Waals surface area (Å²) in [5.41, 5.74) is 6.35. The minimum atomic E-state index is -0.452. The fraction of sp³-hybridized carbons (Fsp3) is 0.231. The molecule has 1 heterocycles. The molecule has 0 amide bonds. The topological polar surface area (TPSA) is 70.1 Å². The van der Waals surface area contributed by atoms with Crippen molar-refractivity contribution in [2.75, 3.05) is 12.3 Å². The Morgan fingerprint density at radius 2 is 2.32 bits per heavy atom. The molecular weight excluding hydrogens is 266 g/mol. The van der Waals surface area contributed by atoms with Crippen LogP contribution in [0.25, 0.3) is 0 Å². The van der Waals surface area contributed by atoms with E-state index in [2.05, 4.69) is 4.98 Å². The quantitative estimate of drug-likeness (QED) is 0.688. The average molecular weight is 280 g/mol. The van der Waals surface area contributed by atoms with Gasteiger partial charge in [-0.3, -0.25) is 0 Å². The number of aryl methyl sites for hydroxylation is 1. The summed E-state index contributed by atoms with van der Waals surface area (Å²) >= 11 is 5.77. The lowest BCUT2D eigenvalue weighted by Gasteiger charge is -2.08. The third-order valence-electron chi connectivity index (χ3n) is 2.72. The van der Waals surface area contributed by atoms with Crippen LogP contribution in [0.4, 0.5) is 5.69 Å². The van der Waals surface area contributed by atoms with E-state index in [1.54, 1.807) is 18.3 Å². The molecule has 0 radical (unpaired) electrons. The number of ether oxygens (including phenoxy) is 1. The van der Waals surface area contributed by atoms with Crippen LogP contribution in [0.15, 0.2) is 30.6 Å². The smallest absolute Gasteiger partial charge is 0.340 e. The van der Waals surface area contributed by atoms with Gasteiger partial charge in [0.15, 0.2) is 0 Å². The van der Waals surface area contributed by atoms with Gasteiger partial charge in [-0.25, -0.2) is 9.78 Å². The molecule has 0 atom stereocenters. The van der Waals surface area contributed by atoms with Gasteiger partial charge in [0.2, 0.25) is 0 Å². The Balaban J connectivity index is 1.93. The highest BCUT2D eigenvalue weighted by Crippen LogP contribution is 2.18. The third kappa shape index (κ3) is 3.26. The predicted molar refractivity (Wildman–Crippen MR) is 73.1 cm³/mol. The maximum absolute atomic E-state index is 11.8.